The number of carbonyl (C=O) groups is 3. The standard InChI is InChI=1S/C20H17NO5/c1-20(2)25-18(23)16(19(24)26-20)12-21-15-10-6-9-14(11-15)17(22)13-7-4-3-5-8-13/h3-12,21H,1-2H3. The SMILES string of the molecule is CC1(C)OC(=O)C(=CNc2cccc(C(=O)c3ccccc3)c2)C(=O)O1. The van der Waals surface area contributed by atoms with E-state index in [2.05, 4.69) is 5.32 Å². The van der Waals surface area contributed by atoms with Gasteiger partial charge in [-0.1, -0.05) is 42.5 Å². The molecule has 0 aliphatic carbocycles. The Bertz CT molecular complexity index is 877. The lowest BCUT2D eigenvalue weighted by Crippen LogP contribution is -2.42. The van der Waals surface area contributed by atoms with Crippen LogP contribution >= 0.6 is 0 Å². The Hall–Kier alpha value is -3.41. The molecule has 0 saturated carbocycles. The van der Waals surface area contributed by atoms with Crippen LogP contribution in [0.3, 0.4) is 0 Å². The van der Waals surface area contributed by atoms with Gasteiger partial charge in [0, 0.05) is 36.9 Å². The average Bonchev–Trinajstić information content (AvgIpc) is 2.60. The molecule has 2 aromatic rings. The van der Waals surface area contributed by atoms with Crippen molar-refractivity contribution in [3.63, 3.8) is 0 Å². The van der Waals surface area contributed by atoms with Gasteiger partial charge in [0.15, 0.2) is 11.4 Å². The quantitative estimate of drug-likeness (QED) is 0.395. The minimum absolute atomic E-state index is 0.125. The zero-order valence-corrected chi connectivity index (χ0v) is 14.3. The number of esters is 2. The monoisotopic (exact) mass is 351 g/mol. The van der Waals surface area contributed by atoms with E-state index in [9.17, 15) is 14.4 Å². The summed E-state index contributed by atoms with van der Waals surface area (Å²) >= 11 is 0. The molecule has 0 aromatic heterocycles. The minimum Gasteiger partial charge on any atom is -0.419 e. The van der Waals surface area contributed by atoms with E-state index in [1.807, 2.05) is 6.07 Å². The van der Waals surface area contributed by atoms with Gasteiger partial charge in [0.05, 0.1) is 0 Å². The molecular formula is C20H17NO5. The summed E-state index contributed by atoms with van der Waals surface area (Å²) in [6.07, 6.45) is 1.21. The maximum absolute atomic E-state index is 12.5. The van der Waals surface area contributed by atoms with Gasteiger partial charge in [-0.2, -0.15) is 0 Å². The van der Waals surface area contributed by atoms with Crippen molar-refractivity contribution < 1.29 is 23.9 Å². The van der Waals surface area contributed by atoms with Crippen LogP contribution in [-0.2, 0) is 19.1 Å². The molecule has 1 N–H and O–H groups in total. The Morgan fingerprint density at radius 1 is 0.923 bits per heavy atom. The summed E-state index contributed by atoms with van der Waals surface area (Å²) in [4.78, 5) is 36.3. The third kappa shape index (κ3) is 3.80. The van der Waals surface area contributed by atoms with E-state index in [1.165, 1.54) is 20.0 Å². The molecule has 6 nitrogen and oxygen atoms in total. The van der Waals surface area contributed by atoms with Crippen molar-refractivity contribution in [3.8, 4) is 0 Å². The first kappa shape index (κ1) is 17.4. The van der Waals surface area contributed by atoms with Gasteiger partial charge in [-0.3, -0.25) is 4.79 Å². The summed E-state index contributed by atoms with van der Waals surface area (Å²) in [6, 6.07) is 15.6. The van der Waals surface area contributed by atoms with Crippen LogP contribution in [0, 0.1) is 0 Å². The predicted molar refractivity (Wildman–Crippen MR) is 94.3 cm³/mol. The van der Waals surface area contributed by atoms with Crippen LogP contribution in [0.15, 0.2) is 66.4 Å². The molecule has 0 unspecified atom stereocenters. The summed E-state index contributed by atoms with van der Waals surface area (Å²) in [7, 11) is 0. The number of anilines is 1. The molecule has 6 heteroatoms. The van der Waals surface area contributed by atoms with Gasteiger partial charge in [-0.15, -0.1) is 0 Å². The fourth-order valence-corrected chi connectivity index (χ4v) is 2.44. The average molecular weight is 351 g/mol. The van der Waals surface area contributed by atoms with Crippen LogP contribution in [0.2, 0.25) is 0 Å². The van der Waals surface area contributed by atoms with E-state index in [0.29, 0.717) is 16.8 Å². The number of rotatable bonds is 4. The maximum Gasteiger partial charge on any atom is 0.350 e. The number of hydrogen-bond acceptors (Lipinski definition) is 6. The molecule has 132 valence electrons. The first-order chi connectivity index (χ1) is 12.4. The van der Waals surface area contributed by atoms with Crippen molar-refractivity contribution in [2.24, 2.45) is 0 Å². The van der Waals surface area contributed by atoms with Gasteiger partial charge in [0.2, 0.25) is 0 Å². The van der Waals surface area contributed by atoms with E-state index in [-0.39, 0.29) is 11.4 Å². The summed E-state index contributed by atoms with van der Waals surface area (Å²) in [6.45, 7) is 2.96. The molecule has 0 atom stereocenters. The highest BCUT2D eigenvalue weighted by Crippen LogP contribution is 2.23. The number of cyclic esters (lactones) is 2. The van der Waals surface area contributed by atoms with Crippen molar-refractivity contribution in [2.75, 3.05) is 5.32 Å². The van der Waals surface area contributed by atoms with Crippen LogP contribution in [0.1, 0.15) is 29.8 Å². The highest BCUT2D eigenvalue weighted by Gasteiger charge is 2.38. The molecule has 1 heterocycles. The van der Waals surface area contributed by atoms with E-state index in [4.69, 9.17) is 9.47 Å². The van der Waals surface area contributed by atoms with Gasteiger partial charge in [0.1, 0.15) is 0 Å². The normalized spacial score (nSPS) is 15.7. The number of carbonyl (C=O) groups excluding carboxylic acids is 3. The molecule has 0 amide bonds. The van der Waals surface area contributed by atoms with Crippen LogP contribution in [-0.4, -0.2) is 23.5 Å². The number of ketones is 1. The van der Waals surface area contributed by atoms with E-state index in [0.717, 1.165) is 0 Å². The highest BCUT2D eigenvalue weighted by atomic mass is 16.7. The van der Waals surface area contributed by atoms with Crippen molar-refractivity contribution in [1.29, 1.82) is 0 Å². The van der Waals surface area contributed by atoms with Gasteiger partial charge in [-0.25, -0.2) is 9.59 Å². The lowest BCUT2D eigenvalue weighted by molar-refractivity contribution is -0.222. The van der Waals surface area contributed by atoms with Crippen LogP contribution in [0.25, 0.3) is 0 Å². The Morgan fingerprint density at radius 3 is 2.19 bits per heavy atom. The molecule has 0 radical (unpaired) electrons. The number of ether oxygens (including phenoxy) is 2. The summed E-state index contributed by atoms with van der Waals surface area (Å²) in [5.41, 5.74) is 1.35. The Morgan fingerprint density at radius 2 is 1.54 bits per heavy atom. The second kappa shape index (κ2) is 6.84. The van der Waals surface area contributed by atoms with Crippen LogP contribution in [0.5, 0.6) is 0 Å². The van der Waals surface area contributed by atoms with Gasteiger partial charge < -0.3 is 14.8 Å². The molecule has 2 aromatic carbocycles. The van der Waals surface area contributed by atoms with Crippen LogP contribution < -0.4 is 5.32 Å². The molecule has 3 rings (SSSR count). The minimum atomic E-state index is -1.28. The van der Waals surface area contributed by atoms with Crippen molar-refractivity contribution in [3.05, 3.63) is 77.5 Å². The van der Waals surface area contributed by atoms with Crippen molar-refractivity contribution >= 4 is 23.4 Å². The number of nitrogens with one attached hydrogen (secondary N) is 1. The third-order valence-electron chi connectivity index (χ3n) is 3.66. The second-order valence-corrected chi connectivity index (χ2v) is 6.16. The first-order valence-corrected chi connectivity index (χ1v) is 7.99. The van der Waals surface area contributed by atoms with Gasteiger partial charge in [-0.05, 0) is 12.1 Å². The molecule has 1 saturated heterocycles. The zero-order chi connectivity index (χ0) is 18.7. The number of benzene rings is 2. The molecular weight excluding hydrogens is 334 g/mol. The van der Waals surface area contributed by atoms with Crippen molar-refractivity contribution in [1.82, 2.24) is 0 Å². The smallest absolute Gasteiger partial charge is 0.350 e. The summed E-state index contributed by atoms with van der Waals surface area (Å²) < 4.78 is 10.0. The summed E-state index contributed by atoms with van der Waals surface area (Å²) in [5.74, 6) is -2.95. The van der Waals surface area contributed by atoms with Crippen molar-refractivity contribution in [2.45, 2.75) is 19.6 Å². The molecule has 1 fully saturated rings. The third-order valence-corrected chi connectivity index (χ3v) is 3.66. The molecule has 0 spiro atoms. The lowest BCUT2D eigenvalue weighted by Gasteiger charge is -2.29. The zero-order valence-electron chi connectivity index (χ0n) is 14.3. The predicted octanol–water partition coefficient (Wildman–Crippen LogP) is 3.05. The Balaban J connectivity index is 1.78. The van der Waals surface area contributed by atoms with Crippen LogP contribution in [0.4, 0.5) is 5.69 Å². The van der Waals surface area contributed by atoms with E-state index < -0.39 is 17.7 Å². The van der Waals surface area contributed by atoms with E-state index >= 15 is 0 Å². The fourth-order valence-electron chi connectivity index (χ4n) is 2.44. The Kier molecular flexibility index (Phi) is 4.58. The Labute approximate surface area is 150 Å². The molecule has 1 aliphatic heterocycles. The van der Waals surface area contributed by atoms with Gasteiger partial charge in [0.25, 0.3) is 5.79 Å². The van der Waals surface area contributed by atoms with Gasteiger partial charge >= 0.3 is 11.9 Å². The topological polar surface area (TPSA) is 81.7 Å². The second-order valence-electron chi connectivity index (χ2n) is 6.16. The molecule has 26 heavy (non-hydrogen) atoms. The first-order valence-electron chi connectivity index (χ1n) is 7.99. The number of hydrogen-bond donors (Lipinski definition) is 1. The fraction of sp³-hybridized carbons (Fsp3) is 0.150. The summed E-state index contributed by atoms with van der Waals surface area (Å²) in [5, 5.41) is 2.83. The lowest BCUT2D eigenvalue weighted by atomic mass is 10.0. The largest absolute Gasteiger partial charge is 0.419 e. The molecule has 0 bridgehead atoms. The maximum atomic E-state index is 12.5. The van der Waals surface area contributed by atoms with E-state index in [1.54, 1.807) is 48.5 Å². The molecule has 1 aliphatic rings. The highest BCUT2D eigenvalue weighted by molar-refractivity contribution is 6.15.